The minimum Gasteiger partial charge on any atom is -0.385 e. The maximum Gasteiger partial charge on any atom is 0.172 e. The fourth-order valence-corrected chi connectivity index (χ4v) is 1.62. The van der Waals surface area contributed by atoms with Crippen LogP contribution in [0.1, 0.15) is 5.56 Å². The first-order valence-electron chi connectivity index (χ1n) is 4.42. The normalized spacial score (nSPS) is 12.5. The smallest absolute Gasteiger partial charge is 0.172 e. The topological polar surface area (TPSA) is 72.2 Å². The molecule has 0 aromatic heterocycles. The van der Waals surface area contributed by atoms with Crippen molar-refractivity contribution in [1.82, 2.24) is 5.32 Å². The van der Waals surface area contributed by atoms with Crippen LogP contribution >= 0.6 is 0 Å². The van der Waals surface area contributed by atoms with E-state index in [4.69, 9.17) is 5.73 Å². The van der Waals surface area contributed by atoms with Crippen LogP contribution in [0.5, 0.6) is 0 Å². The molecule has 0 aliphatic carbocycles. The van der Waals surface area contributed by atoms with E-state index in [1.54, 1.807) is 0 Å². The van der Waals surface area contributed by atoms with Gasteiger partial charge in [0.1, 0.15) is 5.82 Å². The highest BCUT2D eigenvalue weighted by Crippen LogP contribution is 1.98. The number of benzene rings is 1. The molecule has 0 radical (unpaired) electrons. The largest absolute Gasteiger partial charge is 0.385 e. The van der Waals surface area contributed by atoms with E-state index in [9.17, 15) is 8.42 Å². The Kier molecular flexibility index (Phi) is 3.74. The Morgan fingerprint density at radius 2 is 2.00 bits per heavy atom. The van der Waals surface area contributed by atoms with E-state index in [0.717, 1.165) is 17.2 Å². The van der Waals surface area contributed by atoms with Gasteiger partial charge in [-0.2, -0.15) is 0 Å². The number of rotatable bonds is 4. The zero-order chi connectivity index (χ0) is 11.3. The molecule has 0 aliphatic rings. The molecule has 0 saturated carbocycles. The molecule has 0 bridgehead atoms. The highest BCUT2D eigenvalue weighted by atomic mass is 32.2. The van der Waals surface area contributed by atoms with Gasteiger partial charge in [0.2, 0.25) is 0 Å². The molecule has 0 heterocycles. The Morgan fingerprint density at radius 3 is 2.53 bits per heavy atom. The van der Waals surface area contributed by atoms with E-state index in [-0.39, 0.29) is 5.82 Å². The van der Waals surface area contributed by atoms with Crippen LogP contribution < -0.4 is 11.1 Å². The Labute approximate surface area is 89.7 Å². The number of sulfone groups is 1. The molecule has 0 saturated heterocycles. The minimum absolute atomic E-state index is 0.154. The summed E-state index contributed by atoms with van der Waals surface area (Å²) in [5.41, 5.74) is 6.52. The minimum atomic E-state index is -3.18. The quantitative estimate of drug-likeness (QED) is 0.787. The molecule has 15 heavy (non-hydrogen) atoms. The van der Waals surface area contributed by atoms with Crippen molar-refractivity contribution in [2.24, 2.45) is 5.73 Å². The van der Waals surface area contributed by atoms with Crippen molar-refractivity contribution in [3.05, 3.63) is 47.1 Å². The number of hydrogen-bond donors (Lipinski definition) is 2. The molecule has 82 valence electrons. The molecule has 1 aromatic rings. The lowest BCUT2D eigenvalue weighted by atomic mass is 10.2. The predicted octanol–water partition coefficient (Wildman–Crippen LogP) is 0.578. The van der Waals surface area contributed by atoms with Gasteiger partial charge in [0.25, 0.3) is 0 Å². The fraction of sp³-hybridized carbons (Fsp3) is 0.200. The molecule has 0 spiro atoms. The number of nitrogens with one attached hydrogen (secondary N) is 1. The number of hydrogen-bond acceptors (Lipinski definition) is 4. The fourth-order valence-electron chi connectivity index (χ4n) is 1.07. The van der Waals surface area contributed by atoms with Crippen LogP contribution in [0.2, 0.25) is 0 Å². The van der Waals surface area contributed by atoms with Gasteiger partial charge in [-0.15, -0.1) is 0 Å². The van der Waals surface area contributed by atoms with Gasteiger partial charge < -0.3 is 11.1 Å². The van der Waals surface area contributed by atoms with E-state index >= 15 is 0 Å². The van der Waals surface area contributed by atoms with Crippen LogP contribution in [0.4, 0.5) is 0 Å². The van der Waals surface area contributed by atoms with Gasteiger partial charge in [0, 0.05) is 12.8 Å². The lowest BCUT2D eigenvalue weighted by Gasteiger charge is -2.05. The Bertz CT molecular complexity index is 438. The molecule has 4 nitrogen and oxygen atoms in total. The van der Waals surface area contributed by atoms with Crippen LogP contribution in [0, 0.1) is 0 Å². The standard InChI is InChI=1S/C10H14N2O2S/c1-15(13,14)8-10(11)12-7-9-5-3-2-4-6-9/h2-6,8,12H,7,11H2,1H3/b10-8+. The van der Waals surface area contributed by atoms with Gasteiger partial charge in [-0.05, 0) is 5.56 Å². The third-order valence-corrected chi connectivity index (χ3v) is 2.36. The first-order valence-corrected chi connectivity index (χ1v) is 6.38. The lowest BCUT2D eigenvalue weighted by molar-refractivity contribution is 0.609. The summed E-state index contributed by atoms with van der Waals surface area (Å²) in [6, 6.07) is 9.60. The second-order valence-electron chi connectivity index (χ2n) is 3.24. The summed E-state index contributed by atoms with van der Waals surface area (Å²) in [5, 5.41) is 3.83. The maximum absolute atomic E-state index is 10.9. The average Bonchev–Trinajstić information content (AvgIpc) is 2.14. The maximum atomic E-state index is 10.9. The van der Waals surface area contributed by atoms with E-state index in [1.165, 1.54) is 0 Å². The average molecular weight is 226 g/mol. The molecule has 3 N–H and O–H groups in total. The van der Waals surface area contributed by atoms with Gasteiger partial charge in [0.15, 0.2) is 9.84 Å². The Balaban J connectivity index is 2.56. The third-order valence-electron chi connectivity index (χ3n) is 1.68. The van der Waals surface area contributed by atoms with E-state index in [2.05, 4.69) is 5.32 Å². The molecule has 0 fully saturated rings. The van der Waals surface area contributed by atoms with Gasteiger partial charge in [-0.1, -0.05) is 30.3 Å². The van der Waals surface area contributed by atoms with Crippen LogP contribution in [-0.2, 0) is 16.4 Å². The van der Waals surface area contributed by atoms with Crippen LogP contribution in [-0.4, -0.2) is 14.7 Å². The van der Waals surface area contributed by atoms with Crippen molar-refractivity contribution >= 4 is 9.84 Å². The van der Waals surface area contributed by atoms with Crippen molar-refractivity contribution in [2.45, 2.75) is 6.54 Å². The van der Waals surface area contributed by atoms with Crippen LogP contribution in [0.3, 0.4) is 0 Å². The molecule has 0 unspecified atom stereocenters. The molecule has 0 amide bonds. The lowest BCUT2D eigenvalue weighted by Crippen LogP contribution is -2.20. The summed E-state index contributed by atoms with van der Waals surface area (Å²) in [6.07, 6.45) is 1.10. The zero-order valence-corrected chi connectivity index (χ0v) is 9.29. The first-order chi connectivity index (χ1) is 6.97. The molecular formula is C10H14N2O2S. The molecule has 1 aromatic carbocycles. The molecular weight excluding hydrogens is 212 g/mol. The van der Waals surface area contributed by atoms with E-state index in [0.29, 0.717) is 6.54 Å². The highest BCUT2D eigenvalue weighted by molar-refractivity contribution is 7.93. The summed E-state index contributed by atoms with van der Waals surface area (Å²) in [7, 11) is -3.18. The highest BCUT2D eigenvalue weighted by Gasteiger charge is 1.98. The van der Waals surface area contributed by atoms with Crippen molar-refractivity contribution in [3.63, 3.8) is 0 Å². The van der Waals surface area contributed by atoms with Gasteiger partial charge in [-0.25, -0.2) is 8.42 Å². The first kappa shape index (κ1) is 11.6. The van der Waals surface area contributed by atoms with Crippen molar-refractivity contribution in [2.75, 3.05) is 6.26 Å². The predicted molar refractivity (Wildman–Crippen MR) is 60.4 cm³/mol. The van der Waals surface area contributed by atoms with Gasteiger partial charge in [0.05, 0.1) is 5.41 Å². The molecule has 1 rings (SSSR count). The van der Waals surface area contributed by atoms with Crippen molar-refractivity contribution in [1.29, 1.82) is 0 Å². The summed E-state index contributed by atoms with van der Waals surface area (Å²) in [4.78, 5) is 0. The monoisotopic (exact) mass is 226 g/mol. The number of nitrogens with two attached hydrogens (primary N) is 1. The van der Waals surface area contributed by atoms with Crippen molar-refractivity contribution < 1.29 is 8.42 Å². The van der Waals surface area contributed by atoms with Gasteiger partial charge >= 0.3 is 0 Å². The SMILES string of the molecule is CS(=O)(=O)/C=C(\N)NCc1ccccc1. The Hall–Kier alpha value is -1.49. The molecule has 0 aliphatic heterocycles. The summed E-state index contributed by atoms with van der Waals surface area (Å²) in [5.74, 6) is 0.154. The van der Waals surface area contributed by atoms with E-state index in [1.807, 2.05) is 30.3 Å². The summed E-state index contributed by atoms with van der Waals surface area (Å²) >= 11 is 0. The summed E-state index contributed by atoms with van der Waals surface area (Å²) < 4.78 is 21.7. The zero-order valence-electron chi connectivity index (χ0n) is 8.47. The molecule has 0 atom stereocenters. The van der Waals surface area contributed by atoms with Gasteiger partial charge in [-0.3, -0.25) is 0 Å². The second kappa shape index (κ2) is 4.84. The Morgan fingerprint density at radius 1 is 1.40 bits per heavy atom. The van der Waals surface area contributed by atoms with E-state index < -0.39 is 9.84 Å². The third kappa shape index (κ3) is 5.07. The van der Waals surface area contributed by atoms with Crippen LogP contribution in [0.15, 0.2) is 41.6 Å². The summed E-state index contributed by atoms with van der Waals surface area (Å²) in [6.45, 7) is 0.513. The molecule has 5 heteroatoms. The second-order valence-corrected chi connectivity index (χ2v) is 5.14. The van der Waals surface area contributed by atoms with Crippen molar-refractivity contribution in [3.8, 4) is 0 Å². The van der Waals surface area contributed by atoms with Crippen LogP contribution in [0.25, 0.3) is 0 Å².